The highest BCUT2D eigenvalue weighted by Crippen LogP contribution is 2.41. The smallest absolute Gasteiger partial charge is 0.302 e. The van der Waals surface area contributed by atoms with Gasteiger partial charge in [0, 0.05) is 29.6 Å². The van der Waals surface area contributed by atoms with Crippen LogP contribution in [0, 0.1) is 0 Å². The molecule has 0 unspecified atom stereocenters. The van der Waals surface area contributed by atoms with E-state index in [-0.39, 0.29) is 12.6 Å². The first-order valence-corrected chi connectivity index (χ1v) is 8.06. The lowest BCUT2D eigenvalue weighted by atomic mass is 10.1. The zero-order valence-electron chi connectivity index (χ0n) is 14.2. The maximum Gasteiger partial charge on any atom is 0.302 e. The van der Waals surface area contributed by atoms with Crippen molar-refractivity contribution in [3.8, 4) is 0 Å². The van der Waals surface area contributed by atoms with E-state index in [1.807, 2.05) is 24.3 Å². The second-order valence-electron chi connectivity index (χ2n) is 6.08. The van der Waals surface area contributed by atoms with Gasteiger partial charge in [0.1, 0.15) is 12.4 Å². The van der Waals surface area contributed by atoms with Crippen molar-refractivity contribution in [2.24, 2.45) is 0 Å². The maximum absolute atomic E-state index is 11.2. The molecule has 0 fully saturated rings. The van der Waals surface area contributed by atoms with Gasteiger partial charge in [-0.05, 0) is 12.1 Å². The third kappa shape index (κ3) is 2.48. The van der Waals surface area contributed by atoms with Crippen molar-refractivity contribution in [3.63, 3.8) is 0 Å². The number of allylic oxidation sites excluding steroid dienone is 1. The van der Waals surface area contributed by atoms with E-state index in [2.05, 4.69) is 23.6 Å². The third-order valence-electron chi connectivity index (χ3n) is 4.54. The molecule has 5 nitrogen and oxygen atoms in total. The minimum absolute atomic E-state index is 0.142. The van der Waals surface area contributed by atoms with E-state index >= 15 is 0 Å². The van der Waals surface area contributed by atoms with Crippen LogP contribution in [0.1, 0.15) is 18.2 Å². The predicted molar refractivity (Wildman–Crippen MR) is 95.1 cm³/mol. The summed E-state index contributed by atoms with van der Waals surface area (Å²) >= 11 is 0. The maximum atomic E-state index is 11.2. The van der Waals surface area contributed by atoms with Crippen LogP contribution < -0.4 is 0 Å². The Morgan fingerprint density at radius 3 is 2.92 bits per heavy atom. The van der Waals surface area contributed by atoms with Crippen LogP contribution >= 0.6 is 0 Å². The number of esters is 1. The van der Waals surface area contributed by atoms with Gasteiger partial charge in [-0.1, -0.05) is 24.8 Å². The van der Waals surface area contributed by atoms with Crippen molar-refractivity contribution < 1.29 is 14.3 Å². The SMILES string of the molecule is C=C1C(COC(C)=O)=C(OC)C=C2c3nc4ccccc4cc3CN12. The van der Waals surface area contributed by atoms with E-state index in [0.29, 0.717) is 12.3 Å². The fourth-order valence-electron chi connectivity index (χ4n) is 3.30. The zero-order chi connectivity index (χ0) is 17.6. The van der Waals surface area contributed by atoms with E-state index in [4.69, 9.17) is 14.5 Å². The summed E-state index contributed by atoms with van der Waals surface area (Å²) in [6, 6.07) is 10.2. The Hall–Kier alpha value is -3.08. The molecule has 25 heavy (non-hydrogen) atoms. The summed E-state index contributed by atoms with van der Waals surface area (Å²) in [6.07, 6.45) is 1.95. The highest BCUT2D eigenvalue weighted by atomic mass is 16.5. The monoisotopic (exact) mass is 334 g/mol. The Kier molecular flexibility index (Phi) is 3.57. The van der Waals surface area contributed by atoms with Gasteiger partial charge < -0.3 is 14.4 Å². The number of fused-ring (bicyclic) bond motifs is 4. The van der Waals surface area contributed by atoms with Crippen molar-refractivity contribution in [2.75, 3.05) is 13.7 Å². The van der Waals surface area contributed by atoms with Gasteiger partial charge in [-0.25, -0.2) is 4.98 Å². The van der Waals surface area contributed by atoms with Gasteiger partial charge in [0.15, 0.2) is 0 Å². The molecular weight excluding hydrogens is 316 g/mol. The molecule has 126 valence electrons. The molecule has 0 saturated carbocycles. The fourth-order valence-corrected chi connectivity index (χ4v) is 3.30. The number of carbonyl (C=O) groups is 1. The summed E-state index contributed by atoms with van der Waals surface area (Å²) < 4.78 is 10.7. The Morgan fingerprint density at radius 1 is 1.36 bits per heavy atom. The van der Waals surface area contributed by atoms with Crippen molar-refractivity contribution in [1.82, 2.24) is 9.88 Å². The number of rotatable bonds is 3. The molecule has 2 aromatic rings. The number of pyridine rings is 1. The first-order chi connectivity index (χ1) is 12.1. The molecule has 0 spiro atoms. The molecule has 0 N–H and O–H groups in total. The number of ether oxygens (including phenoxy) is 2. The van der Waals surface area contributed by atoms with Gasteiger partial charge in [-0.2, -0.15) is 0 Å². The standard InChI is InChI=1S/C20H18N2O3/c1-12-16(11-25-13(2)23)19(24-3)9-18-20-15(10-22(12)18)8-14-6-4-5-7-17(14)21-20/h4-9H,1,10-11H2,2-3H3. The summed E-state index contributed by atoms with van der Waals surface area (Å²) in [5.41, 5.74) is 5.57. The Balaban J connectivity index is 1.81. The van der Waals surface area contributed by atoms with Gasteiger partial charge in [-0.3, -0.25) is 4.79 Å². The van der Waals surface area contributed by atoms with Crippen molar-refractivity contribution in [2.45, 2.75) is 13.5 Å². The number of para-hydroxylation sites is 1. The van der Waals surface area contributed by atoms with E-state index in [1.165, 1.54) is 6.92 Å². The molecule has 2 aliphatic rings. The molecule has 0 amide bonds. The van der Waals surface area contributed by atoms with Crippen molar-refractivity contribution in [1.29, 1.82) is 0 Å². The van der Waals surface area contributed by atoms with Crippen LogP contribution in [0.25, 0.3) is 16.6 Å². The number of hydrogen-bond acceptors (Lipinski definition) is 5. The van der Waals surface area contributed by atoms with Crippen LogP contribution in [0.2, 0.25) is 0 Å². The first-order valence-electron chi connectivity index (χ1n) is 8.06. The average Bonchev–Trinajstić information content (AvgIpc) is 2.96. The highest BCUT2D eigenvalue weighted by molar-refractivity contribution is 5.85. The number of nitrogens with zero attached hydrogens (tertiary/aromatic N) is 2. The van der Waals surface area contributed by atoms with Gasteiger partial charge in [0.2, 0.25) is 0 Å². The topological polar surface area (TPSA) is 51.7 Å². The molecule has 1 aromatic heterocycles. The lowest BCUT2D eigenvalue weighted by molar-refractivity contribution is -0.140. The largest absolute Gasteiger partial charge is 0.496 e. The molecule has 0 radical (unpaired) electrons. The van der Waals surface area contributed by atoms with Crippen LogP contribution in [0.15, 0.2) is 60.0 Å². The average molecular weight is 334 g/mol. The molecule has 3 heterocycles. The molecule has 1 aromatic carbocycles. The Labute approximate surface area is 145 Å². The molecule has 0 atom stereocenters. The van der Waals surface area contributed by atoms with E-state index in [0.717, 1.165) is 39.1 Å². The van der Waals surface area contributed by atoms with Gasteiger partial charge in [-0.15, -0.1) is 0 Å². The van der Waals surface area contributed by atoms with E-state index in [1.54, 1.807) is 7.11 Å². The fraction of sp³-hybridized carbons (Fsp3) is 0.200. The lowest BCUT2D eigenvalue weighted by Gasteiger charge is -2.29. The van der Waals surface area contributed by atoms with Gasteiger partial charge in [0.05, 0.1) is 36.1 Å². The molecule has 0 aliphatic carbocycles. The predicted octanol–water partition coefficient (Wildman–Crippen LogP) is 3.38. The molecule has 2 aliphatic heterocycles. The summed E-state index contributed by atoms with van der Waals surface area (Å²) in [5.74, 6) is 0.323. The Morgan fingerprint density at radius 2 is 2.16 bits per heavy atom. The molecule has 4 rings (SSSR count). The third-order valence-corrected chi connectivity index (χ3v) is 4.54. The first kappa shape index (κ1) is 15.4. The minimum atomic E-state index is -0.330. The van der Waals surface area contributed by atoms with Crippen LogP contribution in [0.3, 0.4) is 0 Å². The molecule has 5 heteroatoms. The number of methoxy groups -OCH3 is 1. The van der Waals surface area contributed by atoms with Crippen molar-refractivity contribution >= 4 is 22.6 Å². The summed E-state index contributed by atoms with van der Waals surface area (Å²) in [7, 11) is 1.60. The summed E-state index contributed by atoms with van der Waals surface area (Å²) in [5, 5.41) is 1.12. The summed E-state index contributed by atoms with van der Waals surface area (Å²) in [4.78, 5) is 18.1. The molecule has 0 saturated heterocycles. The number of carbonyl (C=O) groups excluding carboxylic acids is 1. The minimum Gasteiger partial charge on any atom is -0.496 e. The highest BCUT2D eigenvalue weighted by Gasteiger charge is 2.33. The lowest BCUT2D eigenvalue weighted by Crippen LogP contribution is -2.23. The zero-order valence-corrected chi connectivity index (χ0v) is 14.2. The molecule has 0 bridgehead atoms. The number of aromatic nitrogens is 1. The van der Waals surface area contributed by atoms with Crippen LogP contribution in [0.4, 0.5) is 0 Å². The second kappa shape index (κ2) is 5.77. The van der Waals surface area contributed by atoms with E-state index in [9.17, 15) is 4.79 Å². The number of benzene rings is 1. The van der Waals surface area contributed by atoms with Gasteiger partial charge in [0.25, 0.3) is 0 Å². The Bertz CT molecular complexity index is 972. The second-order valence-corrected chi connectivity index (χ2v) is 6.08. The van der Waals surface area contributed by atoms with Gasteiger partial charge >= 0.3 is 5.97 Å². The summed E-state index contributed by atoms with van der Waals surface area (Å²) in [6.45, 7) is 6.42. The van der Waals surface area contributed by atoms with E-state index < -0.39 is 0 Å². The number of hydrogen-bond donors (Lipinski definition) is 0. The van der Waals surface area contributed by atoms with Crippen LogP contribution in [-0.4, -0.2) is 29.6 Å². The van der Waals surface area contributed by atoms with Crippen LogP contribution in [-0.2, 0) is 20.8 Å². The quantitative estimate of drug-likeness (QED) is 0.806. The van der Waals surface area contributed by atoms with Crippen molar-refractivity contribution in [3.05, 3.63) is 71.3 Å². The molecular formula is C20H18N2O3. The normalized spacial score (nSPS) is 15.8. The van der Waals surface area contributed by atoms with Crippen LogP contribution in [0.5, 0.6) is 0 Å².